The van der Waals surface area contributed by atoms with Crippen molar-refractivity contribution >= 4 is 46.4 Å². The van der Waals surface area contributed by atoms with E-state index in [1.165, 1.54) is 25.7 Å². The highest BCUT2D eigenvalue weighted by Crippen LogP contribution is 2.29. The molecule has 66 valence electrons. The molecule has 0 aromatic heterocycles. The lowest BCUT2D eigenvalue weighted by molar-refractivity contribution is 0.730. The second-order valence-electron chi connectivity index (χ2n) is 2.18. The van der Waals surface area contributed by atoms with Crippen molar-refractivity contribution in [2.75, 3.05) is 0 Å². The summed E-state index contributed by atoms with van der Waals surface area (Å²) in [4.78, 5) is 0. The highest BCUT2D eigenvalue weighted by Gasteiger charge is 2.11. The summed E-state index contributed by atoms with van der Waals surface area (Å²) >= 11 is 19.3. The Kier molecular flexibility index (Phi) is 6.94. The van der Waals surface area contributed by atoms with Crippen LogP contribution in [0.2, 0.25) is 0 Å². The molecule has 1 aliphatic carbocycles. The van der Waals surface area contributed by atoms with Gasteiger partial charge in [0, 0.05) is 0 Å². The van der Waals surface area contributed by atoms with Gasteiger partial charge in [0.05, 0.1) is 0 Å². The summed E-state index contributed by atoms with van der Waals surface area (Å²) in [5.74, 6) is 0. The molecule has 0 spiro atoms. The van der Waals surface area contributed by atoms with Gasteiger partial charge in [-0.1, -0.05) is 58.6 Å². The minimum absolute atomic E-state index is 1.32. The van der Waals surface area contributed by atoms with Crippen LogP contribution in [-0.2, 0) is 0 Å². The maximum absolute atomic E-state index is 4.83. The van der Waals surface area contributed by atoms with Crippen LogP contribution in [0.25, 0.3) is 0 Å². The summed E-state index contributed by atoms with van der Waals surface area (Å²) in [5, 5.41) is 0. The van der Waals surface area contributed by atoms with E-state index in [1.807, 2.05) is 0 Å². The standard InChI is InChI=1S/C6H10.CCl4/c1-2-4-6-5-3-1;2-1(3,4)5/h1-2H,3-6H2;. The summed E-state index contributed by atoms with van der Waals surface area (Å²) in [5.41, 5.74) is 0. The fraction of sp³-hybridized carbons (Fsp3) is 0.714. The van der Waals surface area contributed by atoms with Crippen molar-refractivity contribution in [2.24, 2.45) is 0 Å². The minimum atomic E-state index is -1.61. The Morgan fingerprint density at radius 3 is 1.18 bits per heavy atom. The highest BCUT2D eigenvalue weighted by molar-refractivity contribution is 6.83. The normalized spacial score (nSPS) is 17.1. The maximum Gasteiger partial charge on any atom is 0.266 e. The molecule has 1 aliphatic rings. The van der Waals surface area contributed by atoms with Crippen LogP contribution in [0.3, 0.4) is 0 Å². The van der Waals surface area contributed by atoms with E-state index in [4.69, 9.17) is 46.4 Å². The number of hydrogen-bond donors (Lipinski definition) is 0. The minimum Gasteiger partial charge on any atom is -0.0885 e. The Morgan fingerprint density at radius 2 is 1.09 bits per heavy atom. The zero-order valence-electron chi connectivity index (χ0n) is 5.99. The first kappa shape index (κ1) is 11.9. The first-order chi connectivity index (χ1) is 5.00. The molecule has 0 amide bonds. The molecule has 1 rings (SSSR count). The van der Waals surface area contributed by atoms with E-state index < -0.39 is 3.25 Å². The Bertz CT molecular complexity index is 100. The molecule has 11 heavy (non-hydrogen) atoms. The van der Waals surface area contributed by atoms with Gasteiger partial charge in [-0.3, -0.25) is 0 Å². The quantitative estimate of drug-likeness (QED) is 0.423. The third-order valence-corrected chi connectivity index (χ3v) is 1.16. The molecule has 0 saturated heterocycles. The van der Waals surface area contributed by atoms with E-state index in [9.17, 15) is 0 Å². The third kappa shape index (κ3) is 18.1. The van der Waals surface area contributed by atoms with E-state index in [0.717, 1.165) is 0 Å². The first-order valence-corrected chi connectivity index (χ1v) is 4.92. The largest absolute Gasteiger partial charge is 0.266 e. The maximum atomic E-state index is 4.83. The molecule has 0 radical (unpaired) electrons. The van der Waals surface area contributed by atoms with Gasteiger partial charge in [-0.2, -0.15) is 0 Å². The van der Waals surface area contributed by atoms with Crippen LogP contribution >= 0.6 is 46.4 Å². The smallest absolute Gasteiger partial charge is 0.0885 e. The molecule has 0 saturated carbocycles. The topological polar surface area (TPSA) is 0 Å². The van der Waals surface area contributed by atoms with Crippen LogP contribution in [-0.4, -0.2) is 3.25 Å². The van der Waals surface area contributed by atoms with Crippen LogP contribution in [0.5, 0.6) is 0 Å². The molecule has 4 heteroatoms. The Labute approximate surface area is 87.5 Å². The van der Waals surface area contributed by atoms with Crippen LogP contribution in [0.4, 0.5) is 0 Å². The zero-order chi connectivity index (χ0) is 8.74. The highest BCUT2D eigenvalue weighted by atomic mass is 35.6. The predicted molar refractivity (Wildman–Crippen MR) is 53.8 cm³/mol. The molecule has 0 N–H and O–H groups in total. The lowest BCUT2D eigenvalue weighted by Gasteiger charge is -1.97. The van der Waals surface area contributed by atoms with Gasteiger partial charge in [0.15, 0.2) is 0 Å². The number of hydrogen-bond acceptors (Lipinski definition) is 0. The number of rotatable bonds is 0. The van der Waals surface area contributed by atoms with Gasteiger partial charge < -0.3 is 0 Å². The second-order valence-corrected chi connectivity index (χ2v) is 5.61. The van der Waals surface area contributed by atoms with Gasteiger partial charge in [-0.15, -0.1) is 0 Å². The summed E-state index contributed by atoms with van der Waals surface area (Å²) in [6.07, 6.45) is 10.0. The van der Waals surface area contributed by atoms with Crippen molar-refractivity contribution in [1.29, 1.82) is 0 Å². The predicted octanol–water partition coefficient (Wildman–Crippen LogP) is 4.67. The molecule has 0 aliphatic heterocycles. The third-order valence-electron chi connectivity index (χ3n) is 1.16. The van der Waals surface area contributed by atoms with E-state index in [1.54, 1.807) is 0 Å². The summed E-state index contributed by atoms with van der Waals surface area (Å²) < 4.78 is -1.61. The Hall–Kier alpha value is 0.900. The monoisotopic (exact) mass is 234 g/mol. The van der Waals surface area contributed by atoms with Gasteiger partial charge in [-0.05, 0) is 25.7 Å². The molecule has 0 fully saturated rings. The van der Waals surface area contributed by atoms with Gasteiger partial charge in [0.25, 0.3) is 3.25 Å². The molecule has 0 bridgehead atoms. The number of alkyl halides is 4. The zero-order valence-corrected chi connectivity index (χ0v) is 9.02. The summed E-state index contributed by atoms with van der Waals surface area (Å²) in [7, 11) is 0. The van der Waals surface area contributed by atoms with E-state index in [0.29, 0.717) is 0 Å². The van der Waals surface area contributed by atoms with Gasteiger partial charge in [0.1, 0.15) is 0 Å². The van der Waals surface area contributed by atoms with Crippen molar-refractivity contribution in [3.8, 4) is 0 Å². The summed E-state index contributed by atoms with van der Waals surface area (Å²) in [6.45, 7) is 0. The van der Waals surface area contributed by atoms with E-state index in [2.05, 4.69) is 12.2 Å². The first-order valence-electron chi connectivity index (χ1n) is 3.41. The van der Waals surface area contributed by atoms with Crippen LogP contribution in [0.1, 0.15) is 25.7 Å². The molecule has 0 aromatic rings. The van der Waals surface area contributed by atoms with Gasteiger partial charge in [0.2, 0.25) is 0 Å². The van der Waals surface area contributed by atoms with Crippen molar-refractivity contribution in [1.82, 2.24) is 0 Å². The Morgan fingerprint density at radius 1 is 0.818 bits per heavy atom. The Balaban J connectivity index is 0.000000187. The van der Waals surface area contributed by atoms with Crippen molar-refractivity contribution in [3.63, 3.8) is 0 Å². The van der Waals surface area contributed by atoms with Crippen molar-refractivity contribution in [3.05, 3.63) is 12.2 Å². The fourth-order valence-corrected chi connectivity index (χ4v) is 0.760. The molecule has 0 aromatic carbocycles. The van der Waals surface area contributed by atoms with E-state index in [-0.39, 0.29) is 0 Å². The molecular formula is C7H10Cl4. The van der Waals surface area contributed by atoms with Gasteiger partial charge >= 0.3 is 0 Å². The van der Waals surface area contributed by atoms with E-state index >= 15 is 0 Å². The lowest BCUT2D eigenvalue weighted by Crippen LogP contribution is -1.81. The van der Waals surface area contributed by atoms with Crippen molar-refractivity contribution in [2.45, 2.75) is 28.9 Å². The molecule has 0 unspecified atom stereocenters. The number of allylic oxidation sites excluding steroid dienone is 2. The number of halogens is 4. The average molecular weight is 236 g/mol. The van der Waals surface area contributed by atoms with Crippen molar-refractivity contribution < 1.29 is 0 Å². The van der Waals surface area contributed by atoms with Gasteiger partial charge in [-0.25, -0.2) is 0 Å². The summed E-state index contributed by atoms with van der Waals surface area (Å²) in [6, 6.07) is 0. The molecule has 0 nitrogen and oxygen atoms in total. The fourth-order valence-electron chi connectivity index (χ4n) is 0.760. The molecule has 0 heterocycles. The average Bonchev–Trinajstić information content (AvgIpc) is 1.88. The van der Waals surface area contributed by atoms with Crippen LogP contribution in [0.15, 0.2) is 12.2 Å². The molecular weight excluding hydrogens is 226 g/mol. The molecule has 0 atom stereocenters. The second kappa shape index (κ2) is 6.42. The van der Waals surface area contributed by atoms with Crippen LogP contribution < -0.4 is 0 Å². The van der Waals surface area contributed by atoms with Crippen LogP contribution in [0, 0.1) is 0 Å². The lowest BCUT2D eigenvalue weighted by atomic mass is 10.1. The SMILES string of the molecule is C1=CCCCC1.ClC(Cl)(Cl)Cl.